The van der Waals surface area contributed by atoms with E-state index in [0.717, 1.165) is 29.6 Å². The summed E-state index contributed by atoms with van der Waals surface area (Å²) in [6.45, 7) is 2.26. The summed E-state index contributed by atoms with van der Waals surface area (Å²) >= 11 is 0. The monoisotopic (exact) mass is 233 g/mol. The van der Waals surface area contributed by atoms with Gasteiger partial charge in [-0.05, 0) is 25.6 Å². The molecule has 0 amide bonds. The number of H-pyrrole nitrogens is 1. The molecular weight excluding hydrogens is 218 g/mol. The van der Waals surface area contributed by atoms with Gasteiger partial charge in [-0.15, -0.1) is 0 Å². The topological polar surface area (TPSA) is 67.0 Å². The number of nitrogens with one attached hydrogen (secondary N) is 2. The van der Waals surface area contributed by atoms with Crippen LogP contribution in [0.2, 0.25) is 0 Å². The van der Waals surface area contributed by atoms with Gasteiger partial charge in [-0.25, -0.2) is 4.98 Å². The number of nitrogens with zero attached hydrogens (tertiary/aromatic N) is 1. The van der Waals surface area contributed by atoms with Crippen molar-refractivity contribution >= 4 is 17.0 Å². The maximum Gasteiger partial charge on any atom is 0.308 e. The molecule has 2 aromatic rings. The molecule has 90 valence electrons. The highest BCUT2D eigenvalue weighted by molar-refractivity contribution is 5.88. The van der Waals surface area contributed by atoms with E-state index in [1.807, 2.05) is 13.2 Å². The minimum atomic E-state index is -0.321. The zero-order valence-electron chi connectivity index (χ0n) is 9.91. The molecule has 0 aromatic carbocycles. The smallest absolute Gasteiger partial charge is 0.308 e. The minimum Gasteiger partial charge on any atom is -0.426 e. The molecule has 0 atom stereocenters. The number of aromatic amines is 1. The largest absolute Gasteiger partial charge is 0.426 e. The maximum atomic E-state index is 11.0. The van der Waals surface area contributed by atoms with Crippen molar-refractivity contribution in [3.05, 3.63) is 24.0 Å². The van der Waals surface area contributed by atoms with E-state index in [-0.39, 0.29) is 5.97 Å². The molecule has 17 heavy (non-hydrogen) atoms. The Hall–Kier alpha value is -1.88. The fourth-order valence-electron chi connectivity index (χ4n) is 1.79. The molecule has 0 spiro atoms. The first-order valence-electron chi connectivity index (χ1n) is 5.50. The van der Waals surface area contributed by atoms with Crippen molar-refractivity contribution in [1.29, 1.82) is 0 Å². The molecule has 2 heterocycles. The zero-order valence-corrected chi connectivity index (χ0v) is 9.91. The molecular formula is C12H15N3O2. The van der Waals surface area contributed by atoms with Gasteiger partial charge in [0.2, 0.25) is 0 Å². The number of likely N-dealkylation sites (N-methyl/N-ethyl adjacent to an activating group) is 1. The predicted molar refractivity (Wildman–Crippen MR) is 65.0 cm³/mol. The highest BCUT2D eigenvalue weighted by Gasteiger charge is 2.11. The highest BCUT2D eigenvalue weighted by Crippen LogP contribution is 2.27. The van der Waals surface area contributed by atoms with E-state index in [2.05, 4.69) is 15.3 Å². The number of esters is 1. The molecule has 2 aromatic heterocycles. The summed E-state index contributed by atoms with van der Waals surface area (Å²) in [5, 5.41) is 3.98. The van der Waals surface area contributed by atoms with Crippen LogP contribution in [0.15, 0.2) is 18.5 Å². The van der Waals surface area contributed by atoms with Crippen molar-refractivity contribution < 1.29 is 9.53 Å². The number of rotatable bonds is 4. The summed E-state index contributed by atoms with van der Waals surface area (Å²) < 4.78 is 5.19. The van der Waals surface area contributed by atoms with Crippen LogP contribution < -0.4 is 10.1 Å². The third-order valence-electron chi connectivity index (χ3n) is 2.52. The lowest BCUT2D eigenvalue weighted by atomic mass is 10.1. The molecule has 0 saturated heterocycles. The second kappa shape index (κ2) is 4.97. The third-order valence-corrected chi connectivity index (χ3v) is 2.52. The summed E-state index contributed by atoms with van der Waals surface area (Å²) in [5.41, 5.74) is 1.84. The predicted octanol–water partition coefficient (Wildman–Crippen LogP) is 1.25. The summed E-state index contributed by atoms with van der Waals surface area (Å²) in [7, 11) is 1.90. The summed E-state index contributed by atoms with van der Waals surface area (Å²) in [6.07, 6.45) is 4.39. The number of hydrogen-bond acceptors (Lipinski definition) is 4. The Morgan fingerprint density at radius 1 is 1.59 bits per heavy atom. The van der Waals surface area contributed by atoms with E-state index in [9.17, 15) is 4.79 Å². The van der Waals surface area contributed by atoms with Crippen LogP contribution >= 0.6 is 0 Å². The van der Waals surface area contributed by atoms with E-state index in [1.54, 1.807) is 12.3 Å². The average molecular weight is 233 g/mol. The molecule has 0 aliphatic carbocycles. The van der Waals surface area contributed by atoms with Crippen LogP contribution in [-0.2, 0) is 11.2 Å². The van der Waals surface area contributed by atoms with Gasteiger partial charge >= 0.3 is 5.97 Å². The first-order valence-corrected chi connectivity index (χ1v) is 5.50. The fourth-order valence-corrected chi connectivity index (χ4v) is 1.79. The van der Waals surface area contributed by atoms with Crippen molar-refractivity contribution in [1.82, 2.24) is 15.3 Å². The molecule has 0 aliphatic rings. The highest BCUT2D eigenvalue weighted by atomic mass is 16.5. The van der Waals surface area contributed by atoms with Gasteiger partial charge < -0.3 is 15.0 Å². The molecule has 0 aliphatic heterocycles. The molecule has 5 nitrogen and oxygen atoms in total. The SMILES string of the molecule is CNCCc1c[nH]c2nccc(OC(C)=O)c12. The quantitative estimate of drug-likeness (QED) is 0.780. The lowest BCUT2D eigenvalue weighted by Crippen LogP contribution is -2.10. The van der Waals surface area contributed by atoms with Crippen molar-refractivity contribution in [2.24, 2.45) is 0 Å². The maximum absolute atomic E-state index is 11.0. The van der Waals surface area contributed by atoms with E-state index in [4.69, 9.17) is 4.74 Å². The van der Waals surface area contributed by atoms with Gasteiger partial charge in [-0.1, -0.05) is 0 Å². The van der Waals surface area contributed by atoms with E-state index >= 15 is 0 Å². The van der Waals surface area contributed by atoms with E-state index in [0.29, 0.717) is 5.75 Å². The zero-order chi connectivity index (χ0) is 12.3. The number of hydrogen-bond donors (Lipinski definition) is 2. The van der Waals surface area contributed by atoms with Crippen LogP contribution in [0.4, 0.5) is 0 Å². The first kappa shape index (κ1) is 11.6. The molecule has 5 heteroatoms. The summed E-state index contributed by atoms with van der Waals surface area (Å²) in [6, 6.07) is 1.71. The van der Waals surface area contributed by atoms with Gasteiger partial charge in [-0.2, -0.15) is 0 Å². The van der Waals surface area contributed by atoms with Crippen LogP contribution in [0.5, 0.6) is 5.75 Å². The van der Waals surface area contributed by atoms with Crippen molar-refractivity contribution in [3.8, 4) is 5.75 Å². The van der Waals surface area contributed by atoms with Gasteiger partial charge in [0, 0.05) is 25.4 Å². The summed E-state index contributed by atoms with van der Waals surface area (Å²) in [4.78, 5) is 18.3. The number of carbonyl (C=O) groups excluding carboxylic acids is 1. The molecule has 0 fully saturated rings. The molecule has 2 N–H and O–H groups in total. The Balaban J connectivity index is 2.43. The van der Waals surface area contributed by atoms with Gasteiger partial charge in [0.05, 0.1) is 5.39 Å². The Morgan fingerprint density at radius 3 is 3.12 bits per heavy atom. The second-order valence-electron chi connectivity index (χ2n) is 3.79. The lowest BCUT2D eigenvalue weighted by molar-refractivity contribution is -0.131. The minimum absolute atomic E-state index is 0.321. The van der Waals surface area contributed by atoms with Gasteiger partial charge in [-0.3, -0.25) is 4.79 Å². The van der Waals surface area contributed by atoms with Crippen LogP contribution in [0.1, 0.15) is 12.5 Å². The number of pyridine rings is 1. The number of aromatic nitrogens is 2. The van der Waals surface area contributed by atoms with Gasteiger partial charge in [0.25, 0.3) is 0 Å². The van der Waals surface area contributed by atoms with Crippen LogP contribution in [-0.4, -0.2) is 29.5 Å². The fraction of sp³-hybridized carbons (Fsp3) is 0.333. The van der Waals surface area contributed by atoms with Crippen molar-refractivity contribution in [3.63, 3.8) is 0 Å². The Kier molecular flexibility index (Phi) is 3.39. The number of fused-ring (bicyclic) bond motifs is 1. The first-order chi connectivity index (χ1) is 8.22. The number of ether oxygens (including phenoxy) is 1. The number of carbonyl (C=O) groups is 1. The van der Waals surface area contributed by atoms with Crippen molar-refractivity contribution in [2.75, 3.05) is 13.6 Å². The molecule has 2 rings (SSSR count). The van der Waals surface area contributed by atoms with Gasteiger partial charge in [0.1, 0.15) is 11.4 Å². The molecule has 0 bridgehead atoms. The standard InChI is InChI=1S/C12H15N3O2/c1-8(16)17-10-4-6-14-12-11(10)9(7-15-12)3-5-13-2/h4,6-7,13H,3,5H2,1-2H3,(H,14,15). The van der Waals surface area contributed by atoms with Gasteiger partial charge in [0.15, 0.2) is 0 Å². The Morgan fingerprint density at radius 2 is 2.41 bits per heavy atom. The molecule has 0 radical (unpaired) electrons. The van der Waals surface area contributed by atoms with E-state index < -0.39 is 0 Å². The van der Waals surface area contributed by atoms with E-state index in [1.165, 1.54) is 6.92 Å². The van der Waals surface area contributed by atoms with Crippen LogP contribution in [0.3, 0.4) is 0 Å². The molecule has 0 saturated carbocycles. The molecule has 0 unspecified atom stereocenters. The second-order valence-corrected chi connectivity index (χ2v) is 3.79. The van der Waals surface area contributed by atoms with Crippen molar-refractivity contribution in [2.45, 2.75) is 13.3 Å². The summed E-state index contributed by atoms with van der Waals surface area (Å²) in [5.74, 6) is 0.244. The lowest BCUT2D eigenvalue weighted by Gasteiger charge is -2.04. The normalized spacial score (nSPS) is 10.7. The van der Waals surface area contributed by atoms with Crippen LogP contribution in [0, 0.1) is 0 Å². The Labute approximate surface area is 99.2 Å². The average Bonchev–Trinajstić information content (AvgIpc) is 2.70. The third kappa shape index (κ3) is 2.45. The Bertz CT molecular complexity index is 534. The van der Waals surface area contributed by atoms with Crippen LogP contribution in [0.25, 0.3) is 11.0 Å².